The van der Waals surface area contributed by atoms with E-state index < -0.39 is 6.09 Å². The number of allylic oxidation sites excluding steroid dienone is 2. The van der Waals surface area contributed by atoms with Crippen molar-refractivity contribution in [3.05, 3.63) is 113 Å². The van der Waals surface area contributed by atoms with Gasteiger partial charge in [-0.25, -0.2) is 14.6 Å². The van der Waals surface area contributed by atoms with Gasteiger partial charge in [-0.05, 0) is 53.3 Å². The zero-order valence-corrected chi connectivity index (χ0v) is 25.9. The van der Waals surface area contributed by atoms with Crippen molar-refractivity contribution in [2.24, 2.45) is 10.7 Å². The summed E-state index contributed by atoms with van der Waals surface area (Å²) in [6.07, 6.45) is 0.0647. The summed E-state index contributed by atoms with van der Waals surface area (Å²) in [4.78, 5) is 37.2. The van der Waals surface area contributed by atoms with Gasteiger partial charge in [0.05, 0.1) is 18.5 Å². The Morgan fingerprint density at radius 3 is 2.36 bits per heavy atom. The number of likely N-dealkylation sites (tertiary alicyclic amines) is 1. The number of nitrogens with two attached hydrogens (primary N) is 1. The fourth-order valence-corrected chi connectivity index (χ4v) is 5.05. The highest BCUT2D eigenvalue weighted by Gasteiger charge is 2.29. The lowest BCUT2D eigenvalue weighted by atomic mass is 9.97. The molecule has 0 radical (unpaired) electrons. The average Bonchev–Trinajstić information content (AvgIpc) is 3.55. The molecular formula is C33H34N8O6. The van der Waals surface area contributed by atoms with Gasteiger partial charge in [0.1, 0.15) is 12.4 Å². The minimum Gasteiger partial charge on any atom is -0.442 e. The van der Waals surface area contributed by atoms with E-state index in [0.717, 1.165) is 27.1 Å². The zero-order chi connectivity index (χ0) is 33.5. The number of nitrogens with zero attached hydrogens (tertiary/aromatic N) is 7. The van der Waals surface area contributed by atoms with Crippen LogP contribution in [-0.4, -0.2) is 58.7 Å². The molecule has 1 aromatic heterocycles. The first-order valence-electron chi connectivity index (χ1n) is 14.6. The number of amidine groups is 1. The van der Waals surface area contributed by atoms with Crippen LogP contribution in [0.15, 0.2) is 101 Å². The number of carbonyl (C=O) groups excluding carboxylic acids is 2. The number of piperidine rings is 1. The molecule has 0 saturated carbocycles. The number of tetrazole rings is 1. The van der Waals surface area contributed by atoms with Crippen LogP contribution >= 0.6 is 0 Å². The molecule has 1 saturated heterocycles. The number of amides is 1. The second-order valence-electron chi connectivity index (χ2n) is 10.9. The Morgan fingerprint density at radius 1 is 0.979 bits per heavy atom. The second kappa shape index (κ2) is 14.7. The van der Waals surface area contributed by atoms with E-state index in [1.807, 2.05) is 55.5 Å². The third-order valence-electron chi connectivity index (χ3n) is 7.24. The Morgan fingerprint density at radius 2 is 1.68 bits per heavy atom. The molecular weight excluding hydrogens is 604 g/mol. The highest BCUT2D eigenvalue weighted by atomic mass is 17.1. The number of carbonyl (C=O) groups is 2. The fraction of sp³-hybridized carbons (Fsp3) is 0.212. The third-order valence-corrected chi connectivity index (χ3v) is 7.24. The summed E-state index contributed by atoms with van der Waals surface area (Å²) >= 11 is 0. The van der Waals surface area contributed by atoms with Gasteiger partial charge in [-0.3, -0.25) is 20.1 Å². The topological polar surface area (TPSA) is 182 Å². The number of rotatable bonds is 10. The molecule has 47 heavy (non-hydrogen) atoms. The minimum absolute atomic E-state index is 0.0302. The van der Waals surface area contributed by atoms with E-state index >= 15 is 0 Å². The van der Waals surface area contributed by atoms with E-state index in [4.69, 9.17) is 20.9 Å². The van der Waals surface area contributed by atoms with Crippen LogP contribution in [0.4, 0.5) is 4.79 Å². The van der Waals surface area contributed by atoms with Gasteiger partial charge in [-0.2, -0.15) is 0 Å². The molecule has 0 bridgehead atoms. The molecule has 14 heteroatoms. The lowest BCUT2D eigenvalue weighted by Gasteiger charge is -2.31. The van der Waals surface area contributed by atoms with Gasteiger partial charge >= 0.3 is 6.09 Å². The molecule has 5 rings (SSSR count). The number of hydrogen-bond acceptors (Lipinski definition) is 12. The predicted octanol–water partition coefficient (Wildman–Crippen LogP) is 4.99. The summed E-state index contributed by atoms with van der Waals surface area (Å²) in [6, 6.07) is 22.1. The number of hydrogen-bond donors (Lipinski definition) is 3. The van der Waals surface area contributed by atoms with Crippen LogP contribution in [0.3, 0.4) is 0 Å². The van der Waals surface area contributed by atoms with Gasteiger partial charge in [0, 0.05) is 29.0 Å². The zero-order valence-electron chi connectivity index (χ0n) is 25.9. The van der Waals surface area contributed by atoms with E-state index in [0.29, 0.717) is 53.3 Å². The van der Waals surface area contributed by atoms with Gasteiger partial charge in [0.15, 0.2) is 0 Å². The number of benzene rings is 3. The summed E-state index contributed by atoms with van der Waals surface area (Å²) in [5, 5.41) is 29.3. The Balaban J connectivity index is 1.29. The maximum absolute atomic E-state index is 12.9. The maximum atomic E-state index is 12.9. The lowest BCUT2D eigenvalue weighted by Crippen LogP contribution is -2.42. The van der Waals surface area contributed by atoms with E-state index in [9.17, 15) is 9.59 Å². The molecule has 4 N–H and O–H groups in total. The van der Waals surface area contributed by atoms with E-state index in [1.165, 1.54) is 0 Å². The molecule has 0 aliphatic carbocycles. The van der Waals surface area contributed by atoms with Crippen molar-refractivity contribution in [1.82, 2.24) is 30.5 Å². The number of aromatic nitrogens is 4. The van der Waals surface area contributed by atoms with Crippen molar-refractivity contribution in [2.45, 2.75) is 46.4 Å². The summed E-state index contributed by atoms with van der Waals surface area (Å²) in [5.41, 5.74) is 12.7. The van der Waals surface area contributed by atoms with E-state index in [1.54, 1.807) is 36.1 Å². The molecule has 1 aliphatic heterocycles. The highest BCUT2D eigenvalue weighted by molar-refractivity contribution is 6.10. The van der Waals surface area contributed by atoms with Crippen molar-refractivity contribution >= 4 is 17.8 Å². The molecule has 1 amide bonds. The van der Waals surface area contributed by atoms with Crippen LogP contribution in [0, 0.1) is 0 Å². The van der Waals surface area contributed by atoms with Crippen molar-refractivity contribution in [1.29, 1.82) is 0 Å². The van der Waals surface area contributed by atoms with E-state index in [-0.39, 0.29) is 30.3 Å². The Labute approximate surface area is 270 Å². The molecule has 3 aromatic carbocycles. The standard InChI is InChI=1S/C33H34N8O6/c1-21(2)35-32-27(22(3)34)15-16-30(42)39(32)18-23-11-13-26(14-12-23)28-9-4-5-10-29(28)31-36-38-40(37-31)33(43)46-19-24-7-6-8-25(17-24)20-47-41(44)45/h4-14,17,44-45H,1,15-16,18-20,34H2,2-3H3/b27-22-,35-32?. The van der Waals surface area contributed by atoms with Crippen molar-refractivity contribution in [3.8, 4) is 22.5 Å². The minimum atomic E-state index is -0.825. The summed E-state index contributed by atoms with van der Waals surface area (Å²) in [7, 11) is 0. The van der Waals surface area contributed by atoms with Crippen LogP contribution in [-0.2, 0) is 34.1 Å². The van der Waals surface area contributed by atoms with Crippen LogP contribution in [0.2, 0.25) is 0 Å². The van der Waals surface area contributed by atoms with Gasteiger partial charge in [0.25, 0.3) is 0 Å². The number of aliphatic imine (C=N–C) groups is 1. The predicted molar refractivity (Wildman–Crippen MR) is 170 cm³/mol. The Kier molecular flexibility index (Phi) is 10.3. The highest BCUT2D eigenvalue weighted by Crippen LogP contribution is 2.31. The molecule has 2 heterocycles. The molecule has 14 nitrogen and oxygen atoms in total. The van der Waals surface area contributed by atoms with Crippen LogP contribution < -0.4 is 5.73 Å². The second-order valence-corrected chi connectivity index (χ2v) is 10.9. The molecule has 0 spiro atoms. The van der Waals surface area contributed by atoms with Gasteiger partial charge in [-0.1, -0.05) is 84.2 Å². The average molecular weight is 639 g/mol. The smallest absolute Gasteiger partial charge is 0.442 e. The molecule has 0 unspecified atom stereocenters. The normalized spacial score (nSPS) is 15.3. The van der Waals surface area contributed by atoms with Crippen LogP contribution in [0.25, 0.3) is 22.5 Å². The molecule has 4 aromatic rings. The van der Waals surface area contributed by atoms with Crippen LogP contribution in [0.5, 0.6) is 0 Å². The largest absolute Gasteiger partial charge is 0.454 e. The first-order chi connectivity index (χ1) is 22.6. The first-order valence-corrected chi connectivity index (χ1v) is 14.6. The summed E-state index contributed by atoms with van der Waals surface area (Å²) in [5.74, 6) is 0.739. The molecule has 1 fully saturated rings. The SMILES string of the molecule is C=C(C)N=C1/C(=C(/C)N)CCC(=O)N1Cc1ccc(-c2ccccc2-c2nnn(C(=O)OCc3cccc(CON(O)O)c3)n2)cc1. The maximum Gasteiger partial charge on any atom is 0.454 e. The molecule has 1 aliphatic rings. The molecule has 0 atom stereocenters. The van der Waals surface area contributed by atoms with Crippen molar-refractivity contribution in [3.63, 3.8) is 0 Å². The van der Waals surface area contributed by atoms with Gasteiger partial charge < -0.3 is 10.5 Å². The summed E-state index contributed by atoms with van der Waals surface area (Å²) in [6.45, 7) is 7.62. The van der Waals surface area contributed by atoms with Gasteiger partial charge in [0.2, 0.25) is 11.7 Å². The first kappa shape index (κ1) is 32.8. The quantitative estimate of drug-likeness (QED) is 0.199. The van der Waals surface area contributed by atoms with Crippen molar-refractivity contribution < 1.29 is 29.6 Å². The summed E-state index contributed by atoms with van der Waals surface area (Å²) < 4.78 is 5.35. The fourth-order valence-electron chi connectivity index (χ4n) is 5.05. The molecule has 242 valence electrons. The number of ether oxygens (including phenoxy) is 1. The van der Waals surface area contributed by atoms with Crippen molar-refractivity contribution in [2.75, 3.05) is 0 Å². The Bertz CT molecular complexity index is 1840. The Hall–Kier alpha value is -5.54. The third kappa shape index (κ3) is 8.19. The lowest BCUT2D eigenvalue weighted by molar-refractivity contribution is -0.497. The van der Waals surface area contributed by atoms with Gasteiger partial charge in [-0.15, -0.1) is 10.2 Å². The van der Waals surface area contributed by atoms with Crippen LogP contribution in [0.1, 0.15) is 43.4 Å². The van der Waals surface area contributed by atoms with E-state index in [2.05, 4.69) is 31.8 Å². The monoisotopic (exact) mass is 638 g/mol.